The maximum absolute atomic E-state index is 12.4. The lowest BCUT2D eigenvalue weighted by Gasteiger charge is -2.23. The summed E-state index contributed by atoms with van der Waals surface area (Å²) in [5.74, 6) is 1.41. The Morgan fingerprint density at radius 2 is 1.96 bits per heavy atom. The van der Waals surface area contributed by atoms with Crippen LogP contribution in [-0.2, 0) is 9.84 Å². The quantitative estimate of drug-likeness (QED) is 0.798. The number of benzene rings is 1. The molecule has 2 rings (SSSR count). The van der Waals surface area contributed by atoms with E-state index in [1.54, 1.807) is 36.2 Å². The fourth-order valence-corrected chi connectivity index (χ4v) is 4.33. The highest BCUT2D eigenvalue weighted by atomic mass is 32.2. The molecule has 128 valence electrons. The van der Waals surface area contributed by atoms with Crippen LogP contribution >= 0.6 is 0 Å². The van der Waals surface area contributed by atoms with Gasteiger partial charge in [0.05, 0.1) is 18.1 Å². The fraction of sp³-hybridized carbons (Fsp3) is 0.588. The van der Waals surface area contributed by atoms with E-state index in [4.69, 9.17) is 4.74 Å². The highest BCUT2D eigenvalue weighted by molar-refractivity contribution is 7.91. The smallest absolute Gasteiger partial charge is 0.253 e. The molecule has 0 N–H and O–H groups in total. The highest BCUT2D eigenvalue weighted by Gasteiger charge is 2.32. The van der Waals surface area contributed by atoms with Gasteiger partial charge < -0.3 is 9.64 Å². The minimum Gasteiger partial charge on any atom is -0.494 e. The number of amides is 1. The Bertz CT molecular complexity index is 637. The Labute approximate surface area is 138 Å². The third kappa shape index (κ3) is 4.96. The Hall–Kier alpha value is -1.56. The van der Waals surface area contributed by atoms with Crippen molar-refractivity contribution in [2.24, 2.45) is 5.92 Å². The number of rotatable bonds is 6. The first-order chi connectivity index (χ1) is 10.8. The molecule has 1 heterocycles. The summed E-state index contributed by atoms with van der Waals surface area (Å²) < 4.78 is 28.7. The van der Waals surface area contributed by atoms with E-state index in [1.807, 2.05) is 0 Å². The molecule has 1 aliphatic heterocycles. The van der Waals surface area contributed by atoms with E-state index in [2.05, 4.69) is 13.8 Å². The number of nitrogens with zero attached hydrogens (tertiary/aromatic N) is 1. The van der Waals surface area contributed by atoms with Gasteiger partial charge in [-0.25, -0.2) is 8.42 Å². The summed E-state index contributed by atoms with van der Waals surface area (Å²) in [5.41, 5.74) is 0.549. The monoisotopic (exact) mass is 339 g/mol. The predicted molar refractivity (Wildman–Crippen MR) is 90.5 cm³/mol. The summed E-state index contributed by atoms with van der Waals surface area (Å²) in [5, 5.41) is 0. The van der Waals surface area contributed by atoms with Gasteiger partial charge in [-0.1, -0.05) is 13.8 Å². The number of ether oxygens (including phenoxy) is 1. The Morgan fingerprint density at radius 1 is 1.30 bits per heavy atom. The molecule has 1 aliphatic rings. The van der Waals surface area contributed by atoms with E-state index in [1.165, 1.54) is 0 Å². The van der Waals surface area contributed by atoms with E-state index in [-0.39, 0.29) is 23.5 Å². The molecule has 0 bridgehead atoms. The van der Waals surface area contributed by atoms with Crippen molar-refractivity contribution in [1.82, 2.24) is 4.90 Å². The molecule has 1 aromatic rings. The van der Waals surface area contributed by atoms with Crippen LogP contribution in [0.4, 0.5) is 0 Å². The lowest BCUT2D eigenvalue weighted by atomic mass is 10.1. The van der Waals surface area contributed by atoms with Gasteiger partial charge >= 0.3 is 0 Å². The van der Waals surface area contributed by atoms with E-state index in [0.29, 0.717) is 24.5 Å². The summed E-state index contributed by atoms with van der Waals surface area (Å²) in [7, 11) is -1.33. The summed E-state index contributed by atoms with van der Waals surface area (Å²) in [6.45, 7) is 4.94. The highest BCUT2D eigenvalue weighted by Crippen LogP contribution is 2.20. The molecule has 6 heteroatoms. The van der Waals surface area contributed by atoms with Crippen LogP contribution in [0.25, 0.3) is 0 Å². The van der Waals surface area contributed by atoms with E-state index in [9.17, 15) is 13.2 Å². The van der Waals surface area contributed by atoms with E-state index >= 15 is 0 Å². The zero-order valence-electron chi connectivity index (χ0n) is 14.0. The van der Waals surface area contributed by atoms with Crippen LogP contribution in [0.15, 0.2) is 24.3 Å². The summed E-state index contributed by atoms with van der Waals surface area (Å²) in [6.07, 6.45) is 1.50. The van der Waals surface area contributed by atoms with Gasteiger partial charge in [-0.2, -0.15) is 0 Å². The van der Waals surface area contributed by atoms with Gasteiger partial charge in [-0.3, -0.25) is 4.79 Å². The first kappa shape index (κ1) is 17.8. The molecule has 5 nitrogen and oxygen atoms in total. The van der Waals surface area contributed by atoms with Gasteiger partial charge in [0, 0.05) is 18.7 Å². The van der Waals surface area contributed by atoms with Crippen molar-refractivity contribution >= 4 is 15.7 Å². The van der Waals surface area contributed by atoms with Crippen LogP contribution in [0.1, 0.15) is 37.0 Å². The molecule has 1 aromatic carbocycles. The molecule has 0 spiro atoms. The van der Waals surface area contributed by atoms with Crippen LogP contribution < -0.4 is 4.74 Å². The third-order valence-electron chi connectivity index (χ3n) is 4.14. The van der Waals surface area contributed by atoms with Gasteiger partial charge in [0.15, 0.2) is 9.84 Å². The van der Waals surface area contributed by atoms with E-state index in [0.717, 1.165) is 12.2 Å². The second-order valence-electron chi connectivity index (χ2n) is 6.53. The standard InChI is InChI=1S/C17H25NO4S/c1-13(2)8-10-22-16-6-4-14(5-7-16)17(19)18(3)15-9-11-23(20,21)12-15/h4-7,13,15H,8-12H2,1-3H3. The van der Waals surface area contributed by atoms with Gasteiger partial charge in [-0.05, 0) is 43.0 Å². The Balaban J connectivity index is 1.94. The number of sulfone groups is 1. The van der Waals surface area contributed by atoms with E-state index < -0.39 is 9.84 Å². The largest absolute Gasteiger partial charge is 0.494 e. The first-order valence-electron chi connectivity index (χ1n) is 7.99. The molecule has 1 fully saturated rings. The maximum atomic E-state index is 12.4. The lowest BCUT2D eigenvalue weighted by Crippen LogP contribution is -2.37. The minimum absolute atomic E-state index is 0.0611. The number of carbonyl (C=O) groups is 1. The average Bonchev–Trinajstić information content (AvgIpc) is 2.86. The molecule has 23 heavy (non-hydrogen) atoms. The number of hydrogen-bond donors (Lipinski definition) is 0. The van der Waals surface area contributed by atoms with Gasteiger partial charge in [0.1, 0.15) is 5.75 Å². The maximum Gasteiger partial charge on any atom is 0.253 e. The number of hydrogen-bond acceptors (Lipinski definition) is 4. The normalized spacial score (nSPS) is 19.7. The molecule has 1 amide bonds. The van der Waals surface area contributed by atoms with Crippen LogP contribution in [0.5, 0.6) is 5.75 Å². The molecule has 0 radical (unpaired) electrons. The molecule has 1 atom stereocenters. The molecule has 0 saturated carbocycles. The minimum atomic E-state index is -2.99. The predicted octanol–water partition coefficient (Wildman–Crippen LogP) is 2.37. The molecule has 0 aromatic heterocycles. The zero-order valence-corrected chi connectivity index (χ0v) is 14.8. The van der Waals surface area contributed by atoms with Gasteiger partial charge in [0.2, 0.25) is 0 Å². The Kier molecular flexibility index (Phi) is 5.68. The second-order valence-corrected chi connectivity index (χ2v) is 8.76. The van der Waals surface area contributed by atoms with Gasteiger partial charge in [0.25, 0.3) is 5.91 Å². The Morgan fingerprint density at radius 3 is 2.48 bits per heavy atom. The van der Waals surface area contributed by atoms with Gasteiger partial charge in [-0.15, -0.1) is 0 Å². The van der Waals surface area contributed by atoms with Crippen molar-refractivity contribution in [3.8, 4) is 5.75 Å². The summed E-state index contributed by atoms with van der Waals surface area (Å²) in [4.78, 5) is 14.0. The van der Waals surface area contributed by atoms with Crippen molar-refractivity contribution in [2.75, 3.05) is 25.2 Å². The molecular formula is C17H25NO4S. The summed E-state index contributed by atoms with van der Waals surface area (Å²) in [6, 6.07) is 6.80. The van der Waals surface area contributed by atoms with Crippen LogP contribution in [0.2, 0.25) is 0 Å². The zero-order chi connectivity index (χ0) is 17.0. The first-order valence-corrected chi connectivity index (χ1v) is 9.81. The average molecular weight is 339 g/mol. The van der Waals surface area contributed by atoms with Crippen LogP contribution in [0, 0.1) is 5.92 Å². The number of carbonyl (C=O) groups excluding carboxylic acids is 1. The van der Waals surface area contributed by atoms with Crippen LogP contribution in [-0.4, -0.2) is 50.4 Å². The molecule has 1 saturated heterocycles. The van der Waals surface area contributed by atoms with Crippen molar-refractivity contribution in [1.29, 1.82) is 0 Å². The molecule has 0 aliphatic carbocycles. The third-order valence-corrected chi connectivity index (χ3v) is 5.89. The fourth-order valence-electron chi connectivity index (χ4n) is 2.56. The second kappa shape index (κ2) is 7.34. The van der Waals surface area contributed by atoms with Crippen molar-refractivity contribution in [3.05, 3.63) is 29.8 Å². The SMILES string of the molecule is CC(C)CCOc1ccc(C(=O)N(C)C2CCS(=O)(=O)C2)cc1. The summed E-state index contributed by atoms with van der Waals surface area (Å²) >= 11 is 0. The van der Waals surface area contributed by atoms with Crippen molar-refractivity contribution < 1.29 is 17.9 Å². The van der Waals surface area contributed by atoms with Crippen molar-refractivity contribution in [3.63, 3.8) is 0 Å². The molecule has 1 unspecified atom stereocenters. The van der Waals surface area contributed by atoms with Crippen LogP contribution in [0.3, 0.4) is 0 Å². The molecular weight excluding hydrogens is 314 g/mol. The topological polar surface area (TPSA) is 63.7 Å². The lowest BCUT2D eigenvalue weighted by molar-refractivity contribution is 0.0747. The van der Waals surface area contributed by atoms with Crippen molar-refractivity contribution in [2.45, 2.75) is 32.7 Å².